The first-order chi connectivity index (χ1) is 7.93. The Labute approximate surface area is 95.8 Å². The van der Waals surface area contributed by atoms with Crippen LogP contribution in [-0.2, 0) is 6.18 Å². The summed E-state index contributed by atoms with van der Waals surface area (Å²) in [5.74, 6) is 4.14. The summed E-state index contributed by atoms with van der Waals surface area (Å²) in [6, 6.07) is 3.59. The Balaban J connectivity index is 2.46. The molecule has 1 aliphatic carbocycles. The molecule has 1 aromatic rings. The molecule has 3 nitrogen and oxygen atoms in total. The van der Waals surface area contributed by atoms with E-state index in [-0.39, 0.29) is 17.0 Å². The molecular weight excluding hydrogens is 233 g/mol. The van der Waals surface area contributed by atoms with Crippen LogP contribution in [0.1, 0.15) is 40.2 Å². The van der Waals surface area contributed by atoms with Gasteiger partial charge < -0.3 is 0 Å². The second-order valence-electron chi connectivity index (χ2n) is 4.05. The van der Waals surface area contributed by atoms with Crippen LogP contribution < -0.4 is 11.3 Å². The first kappa shape index (κ1) is 11.9. The number of benzene rings is 1. The highest BCUT2D eigenvalue weighted by Gasteiger charge is 2.38. The maximum absolute atomic E-state index is 12.8. The molecule has 0 aromatic heterocycles. The number of nitrogens with two attached hydrogens (primary N) is 1. The molecule has 1 aliphatic rings. The number of alkyl halides is 3. The van der Waals surface area contributed by atoms with E-state index in [0.717, 1.165) is 18.9 Å². The quantitative estimate of drug-likeness (QED) is 0.476. The lowest BCUT2D eigenvalue weighted by Gasteiger charge is -2.13. The molecular formula is C11H11F3N2O. The molecule has 2 rings (SSSR count). The summed E-state index contributed by atoms with van der Waals surface area (Å²) >= 11 is 0. The van der Waals surface area contributed by atoms with Crippen molar-refractivity contribution in [3.05, 3.63) is 34.9 Å². The van der Waals surface area contributed by atoms with Gasteiger partial charge in [0.05, 0.1) is 5.56 Å². The molecule has 0 unspecified atom stereocenters. The van der Waals surface area contributed by atoms with Gasteiger partial charge in [0.2, 0.25) is 0 Å². The van der Waals surface area contributed by atoms with Crippen LogP contribution >= 0.6 is 0 Å². The highest BCUT2D eigenvalue weighted by molar-refractivity contribution is 5.94. The summed E-state index contributed by atoms with van der Waals surface area (Å²) in [5, 5.41) is 0. The van der Waals surface area contributed by atoms with Gasteiger partial charge in [-0.15, -0.1) is 0 Å². The number of carbonyl (C=O) groups is 1. The molecule has 0 saturated heterocycles. The molecule has 0 bridgehead atoms. The van der Waals surface area contributed by atoms with E-state index in [2.05, 4.69) is 0 Å². The number of halogens is 3. The fourth-order valence-corrected chi connectivity index (χ4v) is 1.78. The van der Waals surface area contributed by atoms with Gasteiger partial charge in [-0.25, -0.2) is 5.84 Å². The van der Waals surface area contributed by atoms with Crippen molar-refractivity contribution in [2.24, 2.45) is 5.84 Å². The Kier molecular flexibility index (Phi) is 2.82. The van der Waals surface area contributed by atoms with Crippen LogP contribution in [0.2, 0.25) is 0 Å². The first-order valence-corrected chi connectivity index (χ1v) is 5.15. The van der Waals surface area contributed by atoms with E-state index in [0.29, 0.717) is 0 Å². The summed E-state index contributed by atoms with van der Waals surface area (Å²) in [4.78, 5) is 11.2. The maximum atomic E-state index is 12.8. The van der Waals surface area contributed by atoms with Crippen molar-refractivity contribution < 1.29 is 18.0 Å². The van der Waals surface area contributed by atoms with Crippen molar-refractivity contribution >= 4 is 5.91 Å². The van der Waals surface area contributed by atoms with Gasteiger partial charge in [0.15, 0.2) is 0 Å². The van der Waals surface area contributed by atoms with Crippen LogP contribution in [0.3, 0.4) is 0 Å². The Hall–Kier alpha value is -1.56. The van der Waals surface area contributed by atoms with Crippen molar-refractivity contribution in [2.75, 3.05) is 0 Å². The first-order valence-electron chi connectivity index (χ1n) is 5.15. The molecule has 6 heteroatoms. The van der Waals surface area contributed by atoms with Crippen molar-refractivity contribution in [1.82, 2.24) is 5.43 Å². The molecule has 0 aliphatic heterocycles. The van der Waals surface area contributed by atoms with Gasteiger partial charge in [-0.3, -0.25) is 10.2 Å². The van der Waals surface area contributed by atoms with Crippen LogP contribution in [0.15, 0.2) is 18.2 Å². The molecule has 0 radical (unpaired) electrons. The van der Waals surface area contributed by atoms with Gasteiger partial charge in [-0.2, -0.15) is 13.2 Å². The predicted molar refractivity (Wildman–Crippen MR) is 55.1 cm³/mol. The molecule has 3 N–H and O–H groups in total. The number of carbonyl (C=O) groups excluding carboxylic acids is 1. The Morgan fingerprint density at radius 1 is 1.35 bits per heavy atom. The van der Waals surface area contributed by atoms with Crippen molar-refractivity contribution in [3.8, 4) is 0 Å². The van der Waals surface area contributed by atoms with Crippen LogP contribution in [0.25, 0.3) is 0 Å². The number of amides is 1. The zero-order valence-electron chi connectivity index (χ0n) is 8.84. The molecule has 17 heavy (non-hydrogen) atoms. The Morgan fingerprint density at radius 3 is 2.47 bits per heavy atom. The topological polar surface area (TPSA) is 55.1 Å². The molecule has 1 aromatic carbocycles. The SMILES string of the molecule is NNC(=O)c1ccc(C2CC2)c(C(F)(F)F)c1. The number of nitrogens with one attached hydrogen (secondary N) is 1. The van der Waals surface area contributed by atoms with E-state index in [1.807, 2.05) is 5.43 Å². The van der Waals surface area contributed by atoms with Crippen LogP contribution in [0.5, 0.6) is 0 Å². The number of hydrogen-bond donors (Lipinski definition) is 2. The van der Waals surface area contributed by atoms with E-state index < -0.39 is 17.6 Å². The summed E-state index contributed by atoms with van der Waals surface area (Å²) < 4.78 is 38.5. The average Bonchev–Trinajstić information content (AvgIpc) is 3.10. The van der Waals surface area contributed by atoms with E-state index in [1.165, 1.54) is 12.1 Å². The monoisotopic (exact) mass is 244 g/mol. The van der Waals surface area contributed by atoms with E-state index in [4.69, 9.17) is 5.84 Å². The summed E-state index contributed by atoms with van der Waals surface area (Å²) in [7, 11) is 0. The zero-order valence-corrected chi connectivity index (χ0v) is 8.84. The Bertz CT molecular complexity index is 453. The number of hydrazine groups is 1. The fourth-order valence-electron chi connectivity index (χ4n) is 1.78. The third-order valence-corrected chi connectivity index (χ3v) is 2.77. The summed E-state index contributed by atoms with van der Waals surface area (Å²) in [6.07, 6.45) is -2.90. The molecule has 0 heterocycles. The summed E-state index contributed by atoms with van der Waals surface area (Å²) in [5.41, 5.74) is 1.27. The van der Waals surface area contributed by atoms with E-state index in [9.17, 15) is 18.0 Å². The molecule has 0 atom stereocenters. The van der Waals surface area contributed by atoms with Gasteiger partial charge in [0.1, 0.15) is 0 Å². The minimum atomic E-state index is -4.44. The average molecular weight is 244 g/mol. The number of rotatable bonds is 2. The minimum Gasteiger partial charge on any atom is -0.290 e. The fraction of sp³-hybridized carbons (Fsp3) is 0.364. The van der Waals surface area contributed by atoms with Gasteiger partial charge in [-0.1, -0.05) is 6.07 Å². The van der Waals surface area contributed by atoms with Crippen molar-refractivity contribution in [2.45, 2.75) is 24.9 Å². The highest BCUT2D eigenvalue weighted by Crippen LogP contribution is 2.46. The predicted octanol–water partition coefficient (Wildman–Crippen LogP) is 2.19. The van der Waals surface area contributed by atoms with Gasteiger partial charge in [-0.05, 0) is 36.5 Å². The number of hydrogen-bond acceptors (Lipinski definition) is 2. The standard InChI is InChI=1S/C11H11F3N2O/c12-11(13,14)9-5-7(10(17)16-15)3-4-8(9)6-1-2-6/h3-6H,1-2,15H2,(H,16,17). The summed E-state index contributed by atoms with van der Waals surface area (Å²) in [6.45, 7) is 0. The molecule has 1 saturated carbocycles. The molecule has 1 fully saturated rings. The Morgan fingerprint density at radius 2 is 2.00 bits per heavy atom. The molecule has 1 amide bonds. The van der Waals surface area contributed by atoms with Crippen LogP contribution in [-0.4, -0.2) is 5.91 Å². The van der Waals surface area contributed by atoms with Crippen molar-refractivity contribution in [3.63, 3.8) is 0 Å². The highest BCUT2D eigenvalue weighted by atomic mass is 19.4. The number of nitrogen functional groups attached to an aromatic ring is 1. The zero-order chi connectivity index (χ0) is 12.6. The molecule has 92 valence electrons. The largest absolute Gasteiger partial charge is 0.416 e. The van der Waals surface area contributed by atoms with Crippen molar-refractivity contribution in [1.29, 1.82) is 0 Å². The molecule has 0 spiro atoms. The lowest BCUT2D eigenvalue weighted by atomic mass is 9.99. The van der Waals surface area contributed by atoms with Gasteiger partial charge in [0, 0.05) is 5.56 Å². The lowest BCUT2D eigenvalue weighted by molar-refractivity contribution is -0.138. The van der Waals surface area contributed by atoms with Gasteiger partial charge in [0.25, 0.3) is 5.91 Å². The van der Waals surface area contributed by atoms with Crippen LogP contribution in [0, 0.1) is 0 Å². The van der Waals surface area contributed by atoms with Crippen LogP contribution in [0.4, 0.5) is 13.2 Å². The smallest absolute Gasteiger partial charge is 0.290 e. The third kappa shape index (κ3) is 2.41. The minimum absolute atomic E-state index is 0.0263. The maximum Gasteiger partial charge on any atom is 0.416 e. The lowest BCUT2D eigenvalue weighted by Crippen LogP contribution is -2.30. The second kappa shape index (κ2) is 4.03. The third-order valence-electron chi connectivity index (χ3n) is 2.77. The van der Waals surface area contributed by atoms with E-state index in [1.54, 1.807) is 0 Å². The van der Waals surface area contributed by atoms with Gasteiger partial charge >= 0.3 is 6.18 Å². The second-order valence-corrected chi connectivity index (χ2v) is 4.05. The normalized spacial score (nSPS) is 15.8. The van der Waals surface area contributed by atoms with E-state index >= 15 is 0 Å².